The van der Waals surface area contributed by atoms with Gasteiger partial charge in [-0.2, -0.15) is 0 Å². The second-order valence-electron chi connectivity index (χ2n) is 13.8. The van der Waals surface area contributed by atoms with E-state index >= 15 is 0 Å². The quantitative estimate of drug-likeness (QED) is 0.203. The van der Waals surface area contributed by atoms with Crippen LogP contribution < -0.4 is 0 Å². The Morgan fingerprint density at radius 2 is 0.565 bits per heavy atom. The molecule has 0 bridgehead atoms. The Bertz CT molecular complexity index is 919. The van der Waals surface area contributed by atoms with Crippen LogP contribution in [0.5, 0.6) is 0 Å². The zero-order chi connectivity index (χ0) is 50.7. The maximum absolute atomic E-state index is 10.7. The molecule has 62 heavy (non-hydrogen) atoms. The van der Waals surface area contributed by atoms with Crippen LogP contribution in [-0.2, 0) is 19.1 Å². The number of amides is 5. The number of methoxy groups -OCH3 is 2. The molecule has 0 heterocycles. The summed E-state index contributed by atoms with van der Waals surface area (Å²) in [4.78, 5) is 66.2. The van der Waals surface area contributed by atoms with Gasteiger partial charge in [0, 0.05) is 161 Å². The molecular weight excluding hydrogens is 791 g/mol. The molecule has 0 rings (SSSR count). The first-order chi connectivity index (χ1) is 27.3. The van der Waals surface area contributed by atoms with Crippen molar-refractivity contribution in [1.82, 2.24) is 39.2 Å². The van der Waals surface area contributed by atoms with Gasteiger partial charge in [0.05, 0.1) is 24.6 Å². The molecule has 0 aromatic rings. The normalized spacial score (nSPS) is 8.92. The van der Waals surface area contributed by atoms with Gasteiger partial charge in [0.25, 0.3) is 0 Å². The van der Waals surface area contributed by atoms with E-state index in [1.807, 2.05) is 84.7 Å². The summed E-state index contributed by atoms with van der Waals surface area (Å²) in [5.41, 5.74) is 0. The molecule has 0 aromatic heterocycles. The van der Waals surface area contributed by atoms with Crippen molar-refractivity contribution in [2.75, 3.05) is 155 Å². The number of urea groups is 1. The average molecular weight is 902 g/mol. The van der Waals surface area contributed by atoms with Crippen molar-refractivity contribution >= 4 is 41.4 Å². The van der Waals surface area contributed by atoms with Crippen LogP contribution in [0.1, 0.15) is 110 Å². The first-order valence-corrected chi connectivity index (χ1v) is 20.1. The van der Waals surface area contributed by atoms with Gasteiger partial charge in [0.2, 0.25) is 11.8 Å². The summed E-state index contributed by atoms with van der Waals surface area (Å²) in [5.74, 6) is 3.35. The molecule has 0 unspecified atom stereocenters. The highest BCUT2D eigenvalue weighted by Crippen LogP contribution is 1.84. The molecule has 0 radical (unpaired) electrons. The van der Waals surface area contributed by atoms with Crippen molar-refractivity contribution in [3.8, 4) is 0 Å². The highest BCUT2D eigenvalue weighted by Gasteiger charge is 2.02. The predicted octanol–water partition coefficient (Wildman–Crippen LogP) is 8.06. The van der Waals surface area contributed by atoms with Crippen LogP contribution in [0.3, 0.4) is 0 Å². The lowest BCUT2D eigenvalue weighted by molar-refractivity contribution is -0.127. The van der Waals surface area contributed by atoms with Crippen molar-refractivity contribution in [3.63, 3.8) is 0 Å². The lowest BCUT2D eigenvalue weighted by Gasteiger charge is -2.16. The van der Waals surface area contributed by atoms with Crippen LogP contribution in [0.15, 0.2) is 15.0 Å². The molecule has 0 N–H and O–H groups in total. The standard InChI is InChI=1S/C5H12N2O.3C5H12N2.C4H9NO2.2C4H9NO.2C4H10.C3H8O.2CH4/c1-6(2)5(8)7(3)4;3*1-5(6-2)7(3)4;1-5(2)4(6)7-3;2*1-4(6)5(2)3;3*1-3-4-2;;/h1-4H3;3*1-4H3;1-3H3;2*1-3H3;2*3-4H2,1-2H3;3H2,1-2H3;2*1H4. The average Bonchev–Trinajstić information content (AvgIpc) is 3.20. The SMILES string of the molecule is C.C.CC(=O)N(C)C.CC(=O)N(C)C.CCCC.CCCC.CCOC.CN(C)C(=O)N(C)C.CN=C(C)N(C)C.CN=C(C)N(C)C.CN=C(C)N(C)C.COC(=O)N(C)C. The minimum absolute atomic E-state index is 0. The van der Waals surface area contributed by atoms with Crippen molar-refractivity contribution in [3.05, 3.63) is 0 Å². The number of unbranched alkanes of at least 4 members (excludes halogenated alkanes) is 2. The maximum Gasteiger partial charge on any atom is 0.408 e. The van der Waals surface area contributed by atoms with E-state index in [2.05, 4.69) is 52.1 Å². The Labute approximate surface area is 387 Å². The number of amidine groups is 3. The predicted molar refractivity (Wildman–Crippen MR) is 278 cm³/mol. The lowest BCUT2D eigenvalue weighted by Crippen LogP contribution is -2.33. The van der Waals surface area contributed by atoms with Gasteiger partial charge in [-0.3, -0.25) is 24.6 Å². The van der Waals surface area contributed by atoms with Gasteiger partial charge in [0.15, 0.2) is 0 Å². The number of carbonyl (C=O) groups is 4. The van der Waals surface area contributed by atoms with Crippen molar-refractivity contribution in [1.29, 1.82) is 0 Å². The molecule has 0 spiro atoms. The summed E-state index contributed by atoms with van der Waals surface area (Å²) < 4.78 is 8.84. The van der Waals surface area contributed by atoms with Crippen LogP contribution in [0, 0.1) is 0 Å². The summed E-state index contributed by atoms with van der Waals surface area (Å²) in [6.07, 6.45) is 4.96. The summed E-state index contributed by atoms with van der Waals surface area (Å²) in [5, 5.41) is 0. The van der Waals surface area contributed by atoms with E-state index < -0.39 is 0 Å². The molecule has 0 aromatic carbocycles. The van der Waals surface area contributed by atoms with E-state index in [-0.39, 0.29) is 38.8 Å². The fourth-order valence-corrected chi connectivity index (χ4v) is 1.18. The molecule has 0 atom stereocenters. The van der Waals surface area contributed by atoms with E-state index in [1.54, 1.807) is 98.7 Å². The molecule has 17 nitrogen and oxygen atoms in total. The molecule has 382 valence electrons. The Hall–Kier alpha value is -4.15. The van der Waals surface area contributed by atoms with E-state index in [1.165, 1.54) is 71.1 Å². The summed E-state index contributed by atoms with van der Waals surface area (Å²) in [7, 11) is 37.3. The van der Waals surface area contributed by atoms with Crippen LogP contribution in [-0.4, -0.2) is 235 Å². The van der Waals surface area contributed by atoms with Gasteiger partial charge in [-0.25, -0.2) is 9.59 Å². The number of carbonyl (C=O) groups excluding carboxylic acids is 4. The van der Waals surface area contributed by atoms with Crippen molar-refractivity contribution in [2.45, 2.75) is 110 Å². The molecule has 0 aliphatic carbocycles. The number of hydrogen-bond donors (Lipinski definition) is 0. The Morgan fingerprint density at radius 1 is 0.387 bits per heavy atom. The first kappa shape index (κ1) is 88.9. The van der Waals surface area contributed by atoms with Crippen LogP contribution in [0.4, 0.5) is 9.59 Å². The Morgan fingerprint density at radius 3 is 0.565 bits per heavy atom. The third-order valence-corrected chi connectivity index (χ3v) is 6.77. The maximum atomic E-state index is 10.7. The van der Waals surface area contributed by atoms with E-state index in [0.29, 0.717) is 0 Å². The third kappa shape index (κ3) is 111. The molecule has 0 saturated carbocycles. The first-order valence-electron chi connectivity index (χ1n) is 20.1. The second-order valence-corrected chi connectivity index (χ2v) is 13.8. The summed E-state index contributed by atoms with van der Waals surface area (Å²) in [6.45, 7) is 20.5. The number of hydrogen-bond acceptors (Lipinski definition) is 9. The van der Waals surface area contributed by atoms with Gasteiger partial charge in [-0.1, -0.05) is 68.2 Å². The van der Waals surface area contributed by atoms with Gasteiger partial charge >= 0.3 is 12.1 Å². The van der Waals surface area contributed by atoms with Crippen molar-refractivity contribution in [2.24, 2.45) is 15.0 Å². The highest BCUT2D eigenvalue weighted by atomic mass is 16.5. The lowest BCUT2D eigenvalue weighted by atomic mass is 10.4. The second kappa shape index (κ2) is 68.6. The zero-order valence-corrected chi connectivity index (χ0v) is 45.4. The van der Waals surface area contributed by atoms with E-state index in [4.69, 9.17) is 0 Å². The topological polar surface area (TPSA) is 150 Å². The van der Waals surface area contributed by atoms with Crippen LogP contribution >= 0.6 is 0 Å². The Balaban J connectivity index is -0.0000000450. The van der Waals surface area contributed by atoms with E-state index in [0.717, 1.165) is 24.1 Å². The fraction of sp³-hybridized carbons (Fsp3) is 0.844. The van der Waals surface area contributed by atoms with Gasteiger partial charge in [-0.15, -0.1) is 0 Å². The molecular formula is C45H111N11O6. The molecule has 5 amide bonds. The minimum atomic E-state index is -0.319. The third-order valence-electron chi connectivity index (χ3n) is 6.77. The smallest absolute Gasteiger partial charge is 0.408 e. The molecule has 17 heteroatoms. The number of aliphatic imine (C=N–C) groups is 3. The molecule has 0 aliphatic rings. The zero-order valence-electron chi connectivity index (χ0n) is 45.4. The number of ether oxygens (including phenoxy) is 2. The molecule has 0 saturated heterocycles. The largest absolute Gasteiger partial charge is 0.453 e. The van der Waals surface area contributed by atoms with Crippen LogP contribution in [0.25, 0.3) is 0 Å². The Kier molecular flexibility index (Phi) is 98.4. The van der Waals surface area contributed by atoms with Crippen LogP contribution in [0.2, 0.25) is 0 Å². The molecule has 0 aliphatic heterocycles. The molecule has 0 fully saturated rings. The van der Waals surface area contributed by atoms with Gasteiger partial charge < -0.3 is 48.7 Å². The van der Waals surface area contributed by atoms with Crippen molar-refractivity contribution < 1.29 is 28.7 Å². The fourth-order valence-electron chi connectivity index (χ4n) is 1.18. The summed E-state index contributed by atoms with van der Waals surface area (Å²) >= 11 is 0. The van der Waals surface area contributed by atoms with Gasteiger partial charge in [-0.05, 0) is 27.7 Å². The monoisotopic (exact) mass is 902 g/mol. The van der Waals surface area contributed by atoms with E-state index in [9.17, 15) is 19.2 Å². The number of nitrogens with zero attached hydrogens (tertiary/aromatic N) is 11. The van der Waals surface area contributed by atoms with Gasteiger partial charge in [0.1, 0.15) is 0 Å². The summed E-state index contributed by atoms with van der Waals surface area (Å²) in [6, 6.07) is 0.0185. The number of rotatable bonds is 3. The minimum Gasteiger partial charge on any atom is -0.453 e. The highest BCUT2D eigenvalue weighted by molar-refractivity contribution is 5.79.